The second-order valence-corrected chi connectivity index (χ2v) is 14.1. The van der Waals surface area contributed by atoms with Gasteiger partial charge in [0, 0.05) is 50.9 Å². The smallest absolute Gasteiger partial charge is 0.0736 e. The van der Waals surface area contributed by atoms with Crippen LogP contribution in [0.15, 0.2) is 60.7 Å². The second kappa shape index (κ2) is 9.05. The summed E-state index contributed by atoms with van der Waals surface area (Å²) in [5, 5.41) is 0. The molecule has 4 aromatic rings. The number of hydrogen-bond donors (Lipinski definition) is 2. The van der Waals surface area contributed by atoms with Crippen LogP contribution in [0.4, 0.5) is 0 Å². The molecule has 0 saturated heterocycles. The van der Waals surface area contributed by atoms with Gasteiger partial charge in [-0.05, 0) is 82.1 Å². The maximum absolute atomic E-state index is 5.13. The molecule has 0 spiro atoms. The molecule has 0 atom stereocenters. The van der Waals surface area contributed by atoms with Crippen LogP contribution in [0.1, 0.15) is 89.3 Å². The number of nitrogens with one attached hydrogen (secondary N) is 2. The first-order chi connectivity index (χ1) is 18.7. The van der Waals surface area contributed by atoms with E-state index in [2.05, 4.69) is 138 Å². The zero-order valence-electron chi connectivity index (χ0n) is 25.0. The summed E-state index contributed by atoms with van der Waals surface area (Å²) in [5.74, 6) is 0. The standard InChI is InChI=1S/C36H40N4/c1-34(2,3)23-15-22(16-24(17-23)35(4,5)6)33-30-13-11-27(38-30)18-25-9-10-26(37-25)19-29-21-36(7,8)32(40-29)20-28-12-14-31(33)39-28/h9-20,37,39H,21H2,1-8H3. The number of aromatic amines is 2. The molecule has 0 amide bonds. The Labute approximate surface area is 237 Å². The Morgan fingerprint density at radius 3 is 1.98 bits per heavy atom. The van der Waals surface area contributed by atoms with Crippen molar-refractivity contribution in [3.8, 4) is 11.1 Å². The summed E-state index contributed by atoms with van der Waals surface area (Å²) in [6.45, 7) is 18.3. The molecule has 2 aliphatic rings. The molecule has 0 saturated carbocycles. The highest BCUT2D eigenvalue weighted by Gasteiger charge is 2.28. The van der Waals surface area contributed by atoms with E-state index in [0.717, 1.165) is 56.8 Å². The molecule has 2 aliphatic heterocycles. The van der Waals surface area contributed by atoms with Gasteiger partial charge in [-0.3, -0.25) is 4.98 Å². The number of nitrogens with zero attached hydrogens (tertiary/aromatic N) is 2. The molecular weight excluding hydrogens is 488 g/mol. The zero-order valence-corrected chi connectivity index (χ0v) is 25.0. The highest BCUT2D eigenvalue weighted by molar-refractivity contribution is 5.91. The predicted octanol–water partition coefficient (Wildman–Crippen LogP) is 9.27. The average Bonchev–Trinajstić information content (AvgIpc) is 3.63. The van der Waals surface area contributed by atoms with Crippen molar-refractivity contribution in [3.05, 3.63) is 94.6 Å². The molecule has 0 fully saturated rings. The molecule has 0 unspecified atom stereocenters. The number of rotatable bonds is 1. The van der Waals surface area contributed by atoms with Gasteiger partial charge in [0.1, 0.15) is 0 Å². The first kappa shape index (κ1) is 26.3. The fourth-order valence-electron chi connectivity index (χ4n) is 5.60. The van der Waals surface area contributed by atoms with E-state index >= 15 is 0 Å². The van der Waals surface area contributed by atoms with E-state index in [0.29, 0.717) is 0 Å². The number of hydrogen-bond acceptors (Lipinski definition) is 2. The third kappa shape index (κ3) is 5.03. The van der Waals surface area contributed by atoms with Crippen molar-refractivity contribution < 1.29 is 0 Å². The van der Waals surface area contributed by atoms with E-state index < -0.39 is 0 Å². The summed E-state index contributed by atoms with van der Waals surface area (Å²) in [6.07, 6.45) is 5.16. The van der Waals surface area contributed by atoms with Gasteiger partial charge in [-0.15, -0.1) is 0 Å². The molecule has 0 aliphatic carbocycles. The van der Waals surface area contributed by atoms with Crippen molar-refractivity contribution in [3.63, 3.8) is 0 Å². The summed E-state index contributed by atoms with van der Waals surface area (Å²) < 4.78 is 0. The molecule has 2 N–H and O–H groups in total. The maximum atomic E-state index is 5.13. The van der Waals surface area contributed by atoms with Gasteiger partial charge in [-0.25, -0.2) is 4.98 Å². The zero-order chi connectivity index (χ0) is 28.4. The Hall–Kier alpha value is -3.92. The summed E-state index contributed by atoms with van der Waals surface area (Å²) in [4.78, 5) is 17.4. The Morgan fingerprint density at radius 1 is 0.675 bits per heavy atom. The van der Waals surface area contributed by atoms with Crippen molar-refractivity contribution in [1.29, 1.82) is 0 Å². The number of aromatic nitrogens is 4. The van der Waals surface area contributed by atoms with Gasteiger partial charge >= 0.3 is 0 Å². The molecule has 0 radical (unpaired) electrons. The second-order valence-electron chi connectivity index (χ2n) is 14.1. The number of benzene rings is 1. The molecule has 204 valence electrons. The fraction of sp³-hybridized carbons (Fsp3) is 0.333. The van der Waals surface area contributed by atoms with Crippen molar-refractivity contribution >= 4 is 34.2 Å². The minimum atomic E-state index is -0.0381. The van der Waals surface area contributed by atoms with E-state index in [4.69, 9.17) is 9.97 Å². The van der Waals surface area contributed by atoms with Gasteiger partial charge in [0.25, 0.3) is 0 Å². The van der Waals surface area contributed by atoms with E-state index in [1.807, 2.05) is 0 Å². The molecule has 8 bridgehead atoms. The summed E-state index contributed by atoms with van der Waals surface area (Å²) in [5.41, 5.74) is 13.2. The van der Waals surface area contributed by atoms with Crippen LogP contribution in [-0.2, 0) is 22.7 Å². The van der Waals surface area contributed by atoms with Crippen LogP contribution in [0.2, 0.25) is 0 Å². The van der Waals surface area contributed by atoms with Crippen molar-refractivity contribution in [1.82, 2.24) is 19.9 Å². The van der Waals surface area contributed by atoms with Crippen LogP contribution in [0.5, 0.6) is 0 Å². The highest BCUT2D eigenvalue weighted by Crippen LogP contribution is 2.37. The highest BCUT2D eigenvalue weighted by atomic mass is 14.8. The lowest BCUT2D eigenvalue weighted by Crippen LogP contribution is -2.16. The Morgan fingerprint density at radius 2 is 1.30 bits per heavy atom. The molecule has 6 rings (SSSR count). The molecule has 4 heteroatoms. The third-order valence-corrected chi connectivity index (χ3v) is 8.08. The molecule has 5 heterocycles. The monoisotopic (exact) mass is 528 g/mol. The van der Waals surface area contributed by atoms with Crippen LogP contribution in [0.25, 0.3) is 45.3 Å². The van der Waals surface area contributed by atoms with Gasteiger partial charge < -0.3 is 9.97 Å². The predicted molar refractivity (Wildman–Crippen MR) is 169 cm³/mol. The Kier molecular flexibility index (Phi) is 5.96. The van der Waals surface area contributed by atoms with E-state index in [9.17, 15) is 0 Å². The topological polar surface area (TPSA) is 57.4 Å². The summed E-state index contributed by atoms with van der Waals surface area (Å²) >= 11 is 0. The SMILES string of the molecule is CC(C)(C)c1cc(-c2c3nc(cc4ccc(cc5nc(cc6ccc2[nH]6)C(C)(C)C5)[nH]4)C=C3)cc(C(C)(C)C)c1. The van der Waals surface area contributed by atoms with Crippen LogP contribution in [-0.4, -0.2) is 19.9 Å². The summed E-state index contributed by atoms with van der Waals surface area (Å²) in [7, 11) is 0. The van der Waals surface area contributed by atoms with Gasteiger partial charge in [0.15, 0.2) is 0 Å². The number of H-pyrrole nitrogens is 2. The van der Waals surface area contributed by atoms with E-state index in [1.165, 1.54) is 16.7 Å². The maximum Gasteiger partial charge on any atom is 0.0736 e. The normalized spacial score (nSPS) is 15.0. The molecule has 40 heavy (non-hydrogen) atoms. The third-order valence-electron chi connectivity index (χ3n) is 8.08. The first-order valence-electron chi connectivity index (χ1n) is 14.3. The fourth-order valence-corrected chi connectivity index (χ4v) is 5.60. The van der Waals surface area contributed by atoms with Crippen molar-refractivity contribution in [2.75, 3.05) is 0 Å². The lowest BCUT2D eigenvalue weighted by molar-refractivity contribution is 0.543. The quantitative estimate of drug-likeness (QED) is 0.228. The van der Waals surface area contributed by atoms with Gasteiger partial charge in [-0.1, -0.05) is 73.6 Å². The molecule has 1 aromatic carbocycles. The minimum Gasteiger partial charge on any atom is -0.355 e. The van der Waals surface area contributed by atoms with Crippen LogP contribution in [0.3, 0.4) is 0 Å². The van der Waals surface area contributed by atoms with Crippen LogP contribution < -0.4 is 0 Å². The average molecular weight is 529 g/mol. The van der Waals surface area contributed by atoms with Gasteiger partial charge in [0.05, 0.1) is 11.4 Å². The Bertz CT molecular complexity index is 1780. The molecule has 4 nitrogen and oxygen atoms in total. The van der Waals surface area contributed by atoms with Gasteiger partial charge in [0.2, 0.25) is 0 Å². The lowest BCUT2D eigenvalue weighted by atomic mass is 9.79. The summed E-state index contributed by atoms with van der Waals surface area (Å²) in [6, 6.07) is 22.1. The Balaban J connectivity index is 1.72. The van der Waals surface area contributed by atoms with Crippen LogP contribution >= 0.6 is 0 Å². The largest absolute Gasteiger partial charge is 0.355 e. The van der Waals surface area contributed by atoms with Crippen molar-refractivity contribution in [2.45, 2.75) is 78.1 Å². The van der Waals surface area contributed by atoms with Crippen molar-refractivity contribution in [2.24, 2.45) is 0 Å². The lowest BCUT2D eigenvalue weighted by Gasteiger charge is -2.26. The molecular formula is C36H40N4. The van der Waals surface area contributed by atoms with E-state index in [-0.39, 0.29) is 16.2 Å². The van der Waals surface area contributed by atoms with Crippen LogP contribution in [0, 0.1) is 0 Å². The van der Waals surface area contributed by atoms with Gasteiger partial charge in [-0.2, -0.15) is 0 Å². The van der Waals surface area contributed by atoms with E-state index in [1.54, 1.807) is 0 Å². The molecule has 3 aromatic heterocycles. The first-order valence-corrected chi connectivity index (χ1v) is 14.3. The minimum absolute atomic E-state index is 0.0185. The number of fused-ring (bicyclic) bond motifs is 8.